The topological polar surface area (TPSA) is 65.7 Å². The maximum atomic E-state index is 5.90. The first-order chi connectivity index (χ1) is 9.57. The van der Waals surface area contributed by atoms with Crippen molar-refractivity contribution in [2.45, 2.75) is 31.4 Å². The van der Waals surface area contributed by atoms with Crippen LogP contribution in [0.25, 0.3) is 0 Å². The van der Waals surface area contributed by atoms with Crippen LogP contribution in [0.4, 0.5) is 0 Å². The summed E-state index contributed by atoms with van der Waals surface area (Å²) in [4.78, 5) is 0. The van der Waals surface area contributed by atoms with Crippen molar-refractivity contribution in [3.8, 4) is 11.5 Å². The maximum Gasteiger partial charge on any atom is 0.141 e. The Morgan fingerprint density at radius 2 is 2.15 bits per heavy atom. The summed E-state index contributed by atoms with van der Waals surface area (Å²) >= 11 is 3.52. The summed E-state index contributed by atoms with van der Waals surface area (Å²) in [6.07, 6.45) is 1.99. The minimum Gasteiger partial charge on any atom is -0.495 e. The van der Waals surface area contributed by atoms with E-state index in [2.05, 4.69) is 28.3 Å². The molecule has 1 saturated heterocycles. The fourth-order valence-corrected chi connectivity index (χ4v) is 3.45. The van der Waals surface area contributed by atoms with Crippen LogP contribution in [-0.4, -0.2) is 26.4 Å². The van der Waals surface area contributed by atoms with E-state index in [4.69, 9.17) is 20.1 Å². The first-order valence-corrected chi connectivity index (χ1v) is 7.37. The summed E-state index contributed by atoms with van der Waals surface area (Å²) in [5.41, 5.74) is 3.49. The predicted octanol–water partition coefficient (Wildman–Crippen LogP) is 2.54. The standard InChI is InChI=1S/C14H21BrN2O3/c1-14(7-4-8-20-14)13(17-16)9-5-6-10(18-2)11(15)12(9)19-3/h5-6,13,17H,4,7-8,16H2,1-3H3. The molecule has 1 aliphatic rings. The van der Waals surface area contributed by atoms with Crippen molar-refractivity contribution in [3.63, 3.8) is 0 Å². The van der Waals surface area contributed by atoms with Crippen LogP contribution in [0.5, 0.6) is 11.5 Å². The third-order valence-electron chi connectivity index (χ3n) is 3.85. The van der Waals surface area contributed by atoms with Gasteiger partial charge in [-0.2, -0.15) is 0 Å². The van der Waals surface area contributed by atoms with Gasteiger partial charge in [0, 0.05) is 12.2 Å². The summed E-state index contributed by atoms with van der Waals surface area (Å²) < 4.78 is 17.5. The lowest BCUT2D eigenvalue weighted by Gasteiger charge is -2.34. The molecule has 1 aliphatic heterocycles. The zero-order chi connectivity index (χ0) is 14.8. The Balaban J connectivity index is 2.47. The van der Waals surface area contributed by atoms with E-state index < -0.39 is 0 Å². The van der Waals surface area contributed by atoms with Crippen LogP contribution in [0, 0.1) is 0 Å². The Kier molecular flexibility index (Phi) is 4.90. The fraction of sp³-hybridized carbons (Fsp3) is 0.571. The number of hydrazine groups is 1. The number of methoxy groups -OCH3 is 2. The van der Waals surface area contributed by atoms with Crippen LogP contribution in [0.2, 0.25) is 0 Å². The Hall–Kier alpha value is -0.820. The van der Waals surface area contributed by atoms with E-state index in [-0.39, 0.29) is 11.6 Å². The SMILES string of the molecule is COc1ccc(C(NN)C2(C)CCCO2)c(OC)c1Br. The molecule has 1 fully saturated rings. The average molecular weight is 345 g/mol. The normalized spacial score (nSPS) is 23.6. The van der Waals surface area contributed by atoms with Gasteiger partial charge in [-0.3, -0.25) is 5.84 Å². The molecule has 3 N–H and O–H groups in total. The molecule has 2 unspecified atom stereocenters. The molecule has 2 atom stereocenters. The largest absolute Gasteiger partial charge is 0.495 e. The molecule has 112 valence electrons. The molecule has 0 bridgehead atoms. The van der Waals surface area contributed by atoms with Crippen LogP contribution < -0.4 is 20.7 Å². The van der Waals surface area contributed by atoms with Gasteiger partial charge in [-0.05, 0) is 47.8 Å². The number of rotatable bonds is 5. The molecular formula is C14H21BrN2O3. The van der Waals surface area contributed by atoms with Crippen LogP contribution in [-0.2, 0) is 4.74 Å². The fourth-order valence-electron chi connectivity index (χ4n) is 2.77. The molecule has 0 aromatic heterocycles. The molecule has 1 aromatic carbocycles. The lowest BCUT2D eigenvalue weighted by Crippen LogP contribution is -2.44. The van der Waals surface area contributed by atoms with E-state index in [9.17, 15) is 0 Å². The molecule has 1 heterocycles. The van der Waals surface area contributed by atoms with Crippen molar-refractivity contribution in [1.82, 2.24) is 5.43 Å². The third kappa shape index (κ3) is 2.65. The number of benzene rings is 1. The highest BCUT2D eigenvalue weighted by Gasteiger charge is 2.40. The average Bonchev–Trinajstić information content (AvgIpc) is 2.87. The van der Waals surface area contributed by atoms with Crippen molar-refractivity contribution in [2.75, 3.05) is 20.8 Å². The Bertz CT molecular complexity index is 476. The summed E-state index contributed by atoms with van der Waals surface area (Å²) in [5, 5.41) is 0. The van der Waals surface area contributed by atoms with Crippen LogP contribution >= 0.6 is 15.9 Å². The van der Waals surface area contributed by atoms with Gasteiger partial charge in [-0.1, -0.05) is 0 Å². The van der Waals surface area contributed by atoms with Crippen molar-refractivity contribution < 1.29 is 14.2 Å². The summed E-state index contributed by atoms with van der Waals surface area (Å²) in [7, 11) is 3.26. The monoisotopic (exact) mass is 344 g/mol. The maximum absolute atomic E-state index is 5.90. The molecule has 2 rings (SSSR count). The van der Waals surface area contributed by atoms with Gasteiger partial charge in [0.15, 0.2) is 0 Å². The summed E-state index contributed by atoms with van der Waals surface area (Å²) in [5.74, 6) is 7.22. The van der Waals surface area contributed by atoms with Crippen LogP contribution in [0.15, 0.2) is 16.6 Å². The van der Waals surface area contributed by atoms with E-state index in [0.29, 0.717) is 5.75 Å². The molecule has 0 spiro atoms. The van der Waals surface area contributed by atoms with E-state index >= 15 is 0 Å². The summed E-state index contributed by atoms with van der Waals surface area (Å²) in [6.45, 7) is 2.83. The van der Waals surface area contributed by atoms with Crippen molar-refractivity contribution in [3.05, 3.63) is 22.2 Å². The molecule has 0 aliphatic carbocycles. The van der Waals surface area contributed by atoms with Crippen molar-refractivity contribution >= 4 is 15.9 Å². The molecule has 5 nitrogen and oxygen atoms in total. The third-order valence-corrected chi connectivity index (χ3v) is 4.60. The van der Waals surface area contributed by atoms with Crippen LogP contribution in [0.1, 0.15) is 31.4 Å². The first kappa shape index (κ1) is 15.6. The number of hydrogen-bond acceptors (Lipinski definition) is 5. The van der Waals surface area contributed by atoms with Crippen molar-refractivity contribution in [2.24, 2.45) is 5.84 Å². The van der Waals surface area contributed by atoms with Gasteiger partial charge in [-0.25, -0.2) is 5.43 Å². The van der Waals surface area contributed by atoms with E-state index in [1.165, 1.54) is 0 Å². The second kappa shape index (κ2) is 6.30. The number of nitrogens with one attached hydrogen (secondary N) is 1. The summed E-state index contributed by atoms with van der Waals surface area (Å²) in [6, 6.07) is 3.70. The van der Waals surface area contributed by atoms with Gasteiger partial charge in [0.05, 0.1) is 25.9 Å². The van der Waals surface area contributed by atoms with Gasteiger partial charge in [0.2, 0.25) is 0 Å². The lowest BCUT2D eigenvalue weighted by molar-refractivity contribution is -0.0131. The lowest BCUT2D eigenvalue weighted by atomic mass is 9.87. The highest BCUT2D eigenvalue weighted by atomic mass is 79.9. The molecular weight excluding hydrogens is 324 g/mol. The molecule has 1 aromatic rings. The number of halogens is 1. The van der Waals surface area contributed by atoms with Gasteiger partial charge < -0.3 is 14.2 Å². The number of hydrogen-bond donors (Lipinski definition) is 2. The molecule has 0 amide bonds. The second-order valence-electron chi connectivity index (χ2n) is 5.07. The van der Waals surface area contributed by atoms with E-state index in [1.54, 1.807) is 14.2 Å². The van der Waals surface area contributed by atoms with Gasteiger partial charge in [-0.15, -0.1) is 0 Å². The zero-order valence-corrected chi connectivity index (χ0v) is 13.6. The van der Waals surface area contributed by atoms with Crippen molar-refractivity contribution in [1.29, 1.82) is 0 Å². The molecule has 0 radical (unpaired) electrons. The highest BCUT2D eigenvalue weighted by molar-refractivity contribution is 9.10. The molecule has 6 heteroatoms. The molecule has 20 heavy (non-hydrogen) atoms. The van der Waals surface area contributed by atoms with Crippen LogP contribution in [0.3, 0.4) is 0 Å². The Labute approximate surface area is 127 Å². The zero-order valence-electron chi connectivity index (χ0n) is 12.0. The first-order valence-electron chi connectivity index (χ1n) is 6.58. The molecule has 0 saturated carbocycles. The van der Waals surface area contributed by atoms with Gasteiger partial charge in [0.25, 0.3) is 0 Å². The van der Waals surface area contributed by atoms with E-state index in [0.717, 1.165) is 35.2 Å². The number of ether oxygens (including phenoxy) is 3. The highest BCUT2D eigenvalue weighted by Crippen LogP contribution is 2.45. The second-order valence-corrected chi connectivity index (χ2v) is 5.86. The number of nitrogens with two attached hydrogens (primary N) is 1. The van der Waals surface area contributed by atoms with Gasteiger partial charge >= 0.3 is 0 Å². The van der Waals surface area contributed by atoms with Gasteiger partial charge in [0.1, 0.15) is 16.0 Å². The van der Waals surface area contributed by atoms with E-state index in [1.807, 2.05) is 12.1 Å². The minimum atomic E-state index is -0.337. The smallest absolute Gasteiger partial charge is 0.141 e. The Morgan fingerprint density at radius 3 is 2.65 bits per heavy atom. The quantitative estimate of drug-likeness (QED) is 0.634. The Morgan fingerprint density at radius 1 is 1.40 bits per heavy atom. The minimum absolute atomic E-state index is 0.151. The predicted molar refractivity (Wildman–Crippen MR) is 80.9 cm³/mol.